The monoisotopic (exact) mass is 408 g/mol. The summed E-state index contributed by atoms with van der Waals surface area (Å²) in [6, 6.07) is 14.6. The zero-order valence-corrected chi connectivity index (χ0v) is 15.5. The van der Waals surface area contributed by atoms with Crippen molar-refractivity contribution in [3.8, 4) is 0 Å². The van der Waals surface area contributed by atoms with Crippen LogP contribution in [0.2, 0.25) is 0 Å². The molecule has 0 aliphatic carbocycles. The third-order valence-corrected chi connectivity index (χ3v) is 5.60. The van der Waals surface area contributed by atoms with Gasteiger partial charge in [-0.1, -0.05) is 40.2 Å². The molecule has 0 bridgehead atoms. The molecule has 1 amide bonds. The second kappa shape index (κ2) is 6.57. The highest BCUT2D eigenvalue weighted by Crippen LogP contribution is 2.28. The van der Waals surface area contributed by atoms with Gasteiger partial charge in [0.25, 0.3) is 0 Å². The van der Waals surface area contributed by atoms with Gasteiger partial charge in [0.05, 0.1) is 11.9 Å². The fourth-order valence-corrected chi connectivity index (χ4v) is 4.07. The smallest absolute Gasteiger partial charge is 0.247 e. The van der Waals surface area contributed by atoms with Crippen molar-refractivity contribution in [1.82, 2.24) is 0 Å². The second-order valence-electron chi connectivity index (χ2n) is 5.67. The van der Waals surface area contributed by atoms with Crippen LogP contribution in [0.15, 0.2) is 53.0 Å². The predicted molar refractivity (Wildman–Crippen MR) is 98.8 cm³/mol. The lowest BCUT2D eigenvalue weighted by molar-refractivity contribution is -0.117. The molecule has 1 aliphatic heterocycles. The summed E-state index contributed by atoms with van der Waals surface area (Å²) in [6.45, 7) is 0.359. The zero-order valence-electron chi connectivity index (χ0n) is 13.1. The number of hydrogen-bond donors (Lipinski definition) is 0. The first-order valence-corrected chi connectivity index (χ1v) is 10.1. The van der Waals surface area contributed by atoms with E-state index in [4.69, 9.17) is 0 Å². The van der Waals surface area contributed by atoms with E-state index in [9.17, 15) is 13.2 Å². The Hall–Kier alpha value is -1.86. The average Bonchev–Trinajstić information content (AvgIpc) is 2.95. The van der Waals surface area contributed by atoms with Crippen LogP contribution in [-0.4, -0.2) is 33.7 Å². The highest BCUT2D eigenvalue weighted by molar-refractivity contribution is 9.10. The topological polar surface area (TPSA) is 57.7 Å². The molecule has 7 heteroatoms. The molecule has 0 atom stereocenters. The lowest BCUT2D eigenvalue weighted by Crippen LogP contribution is -2.42. The minimum absolute atomic E-state index is 0.219. The number of carbonyl (C=O) groups is 1. The fraction of sp³-hybridized carbons (Fsp3) is 0.235. The minimum atomic E-state index is -3.57. The molecule has 3 rings (SSSR count). The molecule has 5 nitrogen and oxygen atoms in total. The summed E-state index contributed by atoms with van der Waals surface area (Å²) >= 11 is 3.33. The number of anilines is 2. The molecule has 126 valence electrons. The largest absolute Gasteiger partial charge is 0.310 e. The van der Waals surface area contributed by atoms with Gasteiger partial charge in [0.15, 0.2) is 0 Å². The third kappa shape index (κ3) is 3.47. The predicted octanol–water partition coefficient (Wildman–Crippen LogP) is 2.80. The molecule has 0 unspecified atom stereocenters. The number of fused-ring (bicyclic) bond motifs is 1. The van der Waals surface area contributed by atoms with Crippen molar-refractivity contribution in [2.24, 2.45) is 0 Å². The maximum atomic E-state index is 12.7. The summed E-state index contributed by atoms with van der Waals surface area (Å²) in [5.41, 5.74) is 2.44. The van der Waals surface area contributed by atoms with Crippen LogP contribution in [0.4, 0.5) is 11.4 Å². The summed E-state index contributed by atoms with van der Waals surface area (Å²) in [5, 5.41) is 0. The summed E-state index contributed by atoms with van der Waals surface area (Å²) in [7, 11) is -3.57. The van der Waals surface area contributed by atoms with E-state index in [0.717, 1.165) is 32.7 Å². The normalized spacial score (nSPS) is 13.7. The summed E-state index contributed by atoms with van der Waals surface area (Å²) in [4.78, 5) is 14.4. The lowest BCUT2D eigenvalue weighted by Gasteiger charge is -2.25. The second-order valence-corrected chi connectivity index (χ2v) is 8.50. The van der Waals surface area contributed by atoms with Gasteiger partial charge in [-0.25, -0.2) is 8.42 Å². The molecular weight excluding hydrogens is 392 g/mol. The molecule has 0 spiro atoms. The van der Waals surface area contributed by atoms with Gasteiger partial charge in [-0.3, -0.25) is 9.10 Å². The van der Waals surface area contributed by atoms with Gasteiger partial charge in [-0.2, -0.15) is 0 Å². The van der Waals surface area contributed by atoms with Crippen LogP contribution in [0.25, 0.3) is 0 Å². The minimum Gasteiger partial charge on any atom is -0.310 e. The first kappa shape index (κ1) is 17.0. The Morgan fingerprint density at radius 1 is 1.21 bits per heavy atom. The Morgan fingerprint density at radius 3 is 2.67 bits per heavy atom. The van der Waals surface area contributed by atoms with Gasteiger partial charge in [0.2, 0.25) is 15.9 Å². The average molecular weight is 409 g/mol. The van der Waals surface area contributed by atoms with Crippen molar-refractivity contribution >= 4 is 43.2 Å². The summed E-state index contributed by atoms with van der Waals surface area (Å²) in [5.74, 6) is -0.231. The van der Waals surface area contributed by atoms with E-state index in [0.29, 0.717) is 12.2 Å². The highest BCUT2D eigenvalue weighted by Gasteiger charge is 2.28. The lowest BCUT2D eigenvalue weighted by atomic mass is 10.2. The van der Waals surface area contributed by atoms with Gasteiger partial charge in [-0.05, 0) is 36.2 Å². The Balaban J connectivity index is 1.88. The summed E-state index contributed by atoms with van der Waals surface area (Å²) in [6.07, 6.45) is 1.90. The molecular formula is C17H17BrN2O3S. The van der Waals surface area contributed by atoms with Crippen LogP contribution in [-0.2, 0) is 21.2 Å². The number of para-hydroxylation sites is 1. The van der Waals surface area contributed by atoms with Crippen LogP contribution in [0, 0.1) is 0 Å². The maximum absolute atomic E-state index is 12.7. The quantitative estimate of drug-likeness (QED) is 0.781. The first-order valence-electron chi connectivity index (χ1n) is 7.48. The van der Waals surface area contributed by atoms with E-state index < -0.39 is 10.0 Å². The van der Waals surface area contributed by atoms with Crippen LogP contribution >= 0.6 is 15.9 Å². The van der Waals surface area contributed by atoms with Crippen LogP contribution < -0.4 is 9.21 Å². The number of hydrogen-bond acceptors (Lipinski definition) is 3. The maximum Gasteiger partial charge on any atom is 0.247 e. The van der Waals surface area contributed by atoms with Crippen molar-refractivity contribution in [3.63, 3.8) is 0 Å². The van der Waals surface area contributed by atoms with E-state index >= 15 is 0 Å². The van der Waals surface area contributed by atoms with E-state index in [1.54, 1.807) is 23.1 Å². The van der Waals surface area contributed by atoms with Crippen molar-refractivity contribution in [2.75, 3.05) is 28.6 Å². The van der Waals surface area contributed by atoms with Crippen LogP contribution in [0.1, 0.15) is 5.56 Å². The number of nitrogens with zero attached hydrogens (tertiary/aromatic N) is 2. The number of amides is 1. The zero-order chi connectivity index (χ0) is 17.3. The highest BCUT2D eigenvalue weighted by atomic mass is 79.9. The Kier molecular flexibility index (Phi) is 4.64. The Morgan fingerprint density at radius 2 is 1.96 bits per heavy atom. The number of halogens is 1. The first-order chi connectivity index (χ1) is 11.4. The van der Waals surface area contributed by atoms with E-state index in [-0.39, 0.29) is 12.5 Å². The molecule has 1 aliphatic rings. The number of rotatable bonds is 4. The Labute approximate surface area is 150 Å². The van der Waals surface area contributed by atoms with E-state index in [1.807, 2.05) is 30.3 Å². The van der Waals surface area contributed by atoms with Crippen LogP contribution in [0.5, 0.6) is 0 Å². The van der Waals surface area contributed by atoms with Crippen molar-refractivity contribution in [2.45, 2.75) is 6.42 Å². The third-order valence-electron chi connectivity index (χ3n) is 3.96. The number of sulfonamides is 1. The molecule has 0 N–H and O–H groups in total. The van der Waals surface area contributed by atoms with Crippen molar-refractivity contribution in [3.05, 3.63) is 58.6 Å². The molecule has 0 aromatic heterocycles. The van der Waals surface area contributed by atoms with Crippen molar-refractivity contribution < 1.29 is 13.2 Å². The van der Waals surface area contributed by atoms with Gasteiger partial charge < -0.3 is 4.90 Å². The van der Waals surface area contributed by atoms with Gasteiger partial charge in [-0.15, -0.1) is 0 Å². The van der Waals surface area contributed by atoms with E-state index in [2.05, 4.69) is 15.9 Å². The standard InChI is InChI=1S/C17H17BrN2O3S/c1-24(22,23)20(15-7-4-6-14(18)11-15)12-17(21)19-10-9-13-5-2-3-8-16(13)19/h2-8,11H,9-10,12H2,1H3. The number of carbonyl (C=O) groups excluding carboxylic acids is 1. The van der Waals surface area contributed by atoms with Gasteiger partial charge in [0, 0.05) is 16.7 Å². The van der Waals surface area contributed by atoms with E-state index in [1.165, 1.54) is 0 Å². The molecule has 0 fully saturated rings. The molecule has 24 heavy (non-hydrogen) atoms. The molecule has 0 saturated heterocycles. The van der Waals surface area contributed by atoms with Gasteiger partial charge >= 0.3 is 0 Å². The molecule has 0 saturated carbocycles. The number of benzene rings is 2. The molecule has 2 aromatic rings. The van der Waals surface area contributed by atoms with Crippen LogP contribution in [0.3, 0.4) is 0 Å². The summed E-state index contributed by atoms with van der Waals surface area (Å²) < 4.78 is 26.3. The fourth-order valence-electron chi connectivity index (χ4n) is 2.84. The molecule has 2 aromatic carbocycles. The van der Waals surface area contributed by atoms with Crippen molar-refractivity contribution in [1.29, 1.82) is 0 Å². The molecule has 1 heterocycles. The Bertz CT molecular complexity index is 883. The SMILES string of the molecule is CS(=O)(=O)N(CC(=O)N1CCc2ccccc21)c1cccc(Br)c1. The van der Waals surface area contributed by atoms with Gasteiger partial charge in [0.1, 0.15) is 6.54 Å². The molecule has 0 radical (unpaired) electrons.